The van der Waals surface area contributed by atoms with Crippen LogP contribution in [0.3, 0.4) is 0 Å². The first kappa shape index (κ1) is 26.8. The van der Waals surface area contributed by atoms with Crippen LogP contribution in [0.25, 0.3) is 22.2 Å². The van der Waals surface area contributed by atoms with Gasteiger partial charge in [0, 0.05) is 28.2 Å². The number of piperidine rings is 1. The molecule has 6 nitrogen and oxygen atoms in total. The Morgan fingerprint density at radius 2 is 1.79 bits per heavy atom. The molecular weight excluding hydrogens is 484 g/mol. The van der Waals surface area contributed by atoms with Crippen LogP contribution in [0.1, 0.15) is 55.7 Å². The first-order valence-corrected chi connectivity index (χ1v) is 14.1. The number of hydrogen-bond acceptors (Lipinski definition) is 4. The normalized spacial score (nSPS) is 14.7. The van der Waals surface area contributed by atoms with E-state index in [0.717, 1.165) is 62.3 Å². The van der Waals surface area contributed by atoms with Gasteiger partial charge in [-0.1, -0.05) is 56.3 Å². The molecule has 0 aliphatic carbocycles. The summed E-state index contributed by atoms with van der Waals surface area (Å²) in [5, 5.41) is 7.37. The third-order valence-corrected chi connectivity index (χ3v) is 8.05. The van der Waals surface area contributed by atoms with Crippen molar-refractivity contribution in [1.29, 1.82) is 0 Å². The standard InChI is InChI=1S/C33H38N4O2/c1-22(2)33(38)34-28-9-5-8-26(21-28)24-16-19-37(20-17-24)18-6-11-30-29-10-4-7-23(3)31(29)35-32(30)25-12-14-27(36-39)15-13-25/h4-5,7-10,12-15,21-22,24,35H,6,11,16-20H2,1-3H3,(H,34,38). The number of rotatable bonds is 9. The average molecular weight is 523 g/mol. The number of nitroso groups, excluding NO2 is 1. The first-order valence-electron chi connectivity index (χ1n) is 14.1. The number of amides is 1. The maximum Gasteiger partial charge on any atom is 0.226 e. The summed E-state index contributed by atoms with van der Waals surface area (Å²) in [6, 6.07) is 22.4. The second kappa shape index (κ2) is 12.0. The number of para-hydroxylation sites is 1. The number of fused-ring (bicyclic) bond motifs is 1. The summed E-state index contributed by atoms with van der Waals surface area (Å²) in [5.74, 6) is 0.566. The molecule has 0 saturated carbocycles. The molecule has 1 fully saturated rings. The van der Waals surface area contributed by atoms with Crippen molar-refractivity contribution in [2.45, 2.75) is 52.4 Å². The summed E-state index contributed by atoms with van der Waals surface area (Å²) in [4.78, 5) is 29.3. The molecule has 2 heterocycles. The molecule has 1 aliphatic rings. The Labute approximate surface area is 230 Å². The van der Waals surface area contributed by atoms with E-state index < -0.39 is 0 Å². The molecule has 1 aromatic heterocycles. The Balaban J connectivity index is 1.22. The summed E-state index contributed by atoms with van der Waals surface area (Å²) < 4.78 is 0. The number of carbonyl (C=O) groups is 1. The fourth-order valence-electron chi connectivity index (χ4n) is 5.74. The Kier molecular flexibility index (Phi) is 8.22. The zero-order valence-corrected chi connectivity index (χ0v) is 23.2. The van der Waals surface area contributed by atoms with E-state index in [4.69, 9.17) is 0 Å². The van der Waals surface area contributed by atoms with Crippen molar-refractivity contribution >= 4 is 28.2 Å². The van der Waals surface area contributed by atoms with Crippen molar-refractivity contribution in [1.82, 2.24) is 9.88 Å². The van der Waals surface area contributed by atoms with Gasteiger partial charge in [0.25, 0.3) is 0 Å². The molecule has 1 aliphatic heterocycles. The number of aryl methyl sites for hydroxylation is 2. The highest BCUT2D eigenvalue weighted by Gasteiger charge is 2.21. The molecule has 0 spiro atoms. The maximum absolute atomic E-state index is 12.1. The van der Waals surface area contributed by atoms with Gasteiger partial charge < -0.3 is 15.2 Å². The summed E-state index contributed by atoms with van der Waals surface area (Å²) in [6.07, 6.45) is 4.35. The van der Waals surface area contributed by atoms with Crippen LogP contribution in [0.5, 0.6) is 0 Å². The molecule has 2 N–H and O–H groups in total. The molecule has 39 heavy (non-hydrogen) atoms. The van der Waals surface area contributed by atoms with Gasteiger partial charge in [0.05, 0.1) is 0 Å². The van der Waals surface area contributed by atoms with Gasteiger partial charge in [-0.15, -0.1) is 4.91 Å². The molecule has 6 heteroatoms. The summed E-state index contributed by atoms with van der Waals surface area (Å²) >= 11 is 0. The van der Waals surface area contributed by atoms with E-state index in [-0.39, 0.29) is 11.8 Å². The van der Waals surface area contributed by atoms with Crippen molar-refractivity contribution in [3.05, 3.63) is 88.3 Å². The van der Waals surface area contributed by atoms with Gasteiger partial charge in [-0.3, -0.25) is 4.79 Å². The van der Waals surface area contributed by atoms with E-state index in [1.54, 1.807) is 12.1 Å². The first-order chi connectivity index (χ1) is 18.9. The van der Waals surface area contributed by atoms with Gasteiger partial charge in [0.2, 0.25) is 5.91 Å². The van der Waals surface area contributed by atoms with Crippen LogP contribution < -0.4 is 5.32 Å². The van der Waals surface area contributed by atoms with Crippen LogP contribution in [0, 0.1) is 17.7 Å². The third-order valence-electron chi connectivity index (χ3n) is 8.05. The maximum atomic E-state index is 12.1. The lowest BCUT2D eigenvalue weighted by Gasteiger charge is -2.32. The number of carbonyl (C=O) groups excluding carboxylic acids is 1. The molecule has 0 unspecified atom stereocenters. The lowest BCUT2D eigenvalue weighted by molar-refractivity contribution is -0.118. The van der Waals surface area contributed by atoms with Crippen LogP contribution in [0.15, 0.2) is 71.9 Å². The van der Waals surface area contributed by atoms with E-state index in [1.165, 1.54) is 27.6 Å². The van der Waals surface area contributed by atoms with E-state index in [9.17, 15) is 9.70 Å². The quantitative estimate of drug-likeness (QED) is 0.219. The highest BCUT2D eigenvalue weighted by Crippen LogP contribution is 2.34. The SMILES string of the molecule is Cc1cccc2c(CCCN3CCC(c4cccc(NC(=O)C(C)C)c4)CC3)c(-c3ccc(N=O)cc3)[nH]c12. The Bertz CT molecular complexity index is 1450. The van der Waals surface area contributed by atoms with E-state index in [1.807, 2.05) is 32.0 Å². The van der Waals surface area contributed by atoms with Crippen LogP contribution >= 0.6 is 0 Å². The fraction of sp³-hybridized carbons (Fsp3) is 0.364. The highest BCUT2D eigenvalue weighted by molar-refractivity contribution is 5.93. The summed E-state index contributed by atoms with van der Waals surface area (Å²) in [6.45, 7) is 9.23. The molecule has 0 atom stereocenters. The summed E-state index contributed by atoms with van der Waals surface area (Å²) in [5.41, 5.74) is 8.66. The largest absolute Gasteiger partial charge is 0.354 e. The monoisotopic (exact) mass is 522 g/mol. The number of likely N-dealkylation sites (tertiary alicyclic amines) is 1. The summed E-state index contributed by atoms with van der Waals surface area (Å²) in [7, 11) is 0. The zero-order chi connectivity index (χ0) is 27.4. The molecule has 0 bridgehead atoms. The lowest BCUT2D eigenvalue weighted by Crippen LogP contribution is -2.33. The predicted molar refractivity (Wildman–Crippen MR) is 161 cm³/mol. The molecule has 0 radical (unpaired) electrons. The van der Waals surface area contributed by atoms with Gasteiger partial charge in [-0.2, -0.15) is 0 Å². The second-order valence-corrected chi connectivity index (χ2v) is 11.1. The smallest absolute Gasteiger partial charge is 0.226 e. The minimum absolute atomic E-state index is 0.0263. The van der Waals surface area contributed by atoms with Crippen molar-refractivity contribution in [3.63, 3.8) is 0 Å². The minimum Gasteiger partial charge on any atom is -0.354 e. The van der Waals surface area contributed by atoms with Gasteiger partial charge >= 0.3 is 0 Å². The average Bonchev–Trinajstić information content (AvgIpc) is 3.33. The number of aromatic amines is 1. The third kappa shape index (κ3) is 6.12. The molecular formula is C33H38N4O2. The number of nitrogens with zero attached hydrogens (tertiary/aromatic N) is 2. The highest BCUT2D eigenvalue weighted by atomic mass is 16.3. The predicted octanol–water partition coefficient (Wildman–Crippen LogP) is 7.95. The van der Waals surface area contributed by atoms with Gasteiger partial charge in [0.15, 0.2) is 0 Å². The van der Waals surface area contributed by atoms with Crippen LogP contribution in [0.4, 0.5) is 11.4 Å². The zero-order valence-electron chi connectivity index (χ0n) is 23.2. The lowest BCUT2D eigenvalue weighted by atomic mass is 9.89. The topological polar surface area (TPSA) is 77.6 Å². The van der Waals surface area contributed by atoms with Crippen molar-refractivity contribution in [3.8, 4) is 11.3 Å². The number of anilines is 1. The Hall–Kier alpha value is -3.77. The second-order valence-electron chi connectivity index (χ2n) is 11.1. The van der Waals surface area contributed by atoms with Gasteiger partial charge in [-0.05, 0) is 110 Å². The number of benzene rings is 3. The molecule has 4 aromatic rings. The number of H-pyrrole nitrogens is 1. The van der Waals surface area contributed by atoms with Gasteiger partial charge in [-0.25, -0.2) is 0 Å². The molecule has 1 saturated heterocycles. The van der Waals surface area contributed by atoms with Crippen molar-refractivity contribution in [2.24, 2.45) is 11.1 Å². The number of hydrogen-bond donors (Lipinski definition) is 2. The van der Waals surface area contributed by atoms with Gasteiger partial charge in [0.1, 0.15) is 5.69 Å². The Morgan fingerprint density at radius 1 is 1.05 bits per heavy atom. The van der Waals surface area contributed by atoms with E-state index >= 15 is 0 Å². The van der Waals surface area contributed by atoms with Crippen LogP contribution in [-0.2, 0) is 11.2 Å². The molecule has 3 aromatic carbocycles. The van der Waals surface area contributed by atoms with Crippen molar-refractivity contribution in [2.75, 3.05) is 25.0 Å². The number of aromatic nitrogens is 1. The number of nitrogens with one attached hydrogen (secondary N) is 2. The van der Waals surface area contributed by atoms with E-state index in [2.05, 4.69) is 63.7 Å². The fourth-order valence-corrected chi connectivity index (χ4v) is 5.74. The van der Waals surface area contributed by atoms with Crippen LogP contribution in [-0.4, -0.2) is 35.4 Å². The Morgan fingerprint density at radius 3 is 2.51 bits per heavy atom. The molecule has 5 rings (SSSR count). The molecule has 1 amide bonds. The molecule has 202 valence electrons. The minimum atomic E-state index is -0.0263. The van der Waals surface area contributed by atoms with Crippen LogP contribution in [0.2, 0.25) is 0 Å². The van der Waals surface area contributed by atoms with E-state index in [0.29, 0.717) is 11.6 Å². The van der Waals surface area contributed by atoms with Crippen molar-refractivity contribution < 1.29 is 4.79 Å².